The summed E-state index contributed by atoms with van der Waals surface area (Å²) in [5.41, 5.74) is 2.01. The van der Waals surface area contributed by atoms with Crippen LogP contribution in [0.4, 0.5) is 10.5 Å². The number of carbonyl (C=O) groups is 1. The highest BCUT2D eigenvalue weighted by Crippen LogP contribution is 2.22. The van der Waals surface area contributed by atoms with Crippen LogP contribution in [0.2, 0.25) is 0 Å². The summed E-state index contributed by atoms with van der Waals surface area (Å²) in [4.78, 5) is 16.2. The number of benzene rings is 1. The van der Waals surface area contributed by atoms with Crippen molar-refractivity contribution in [1.82, 2.24) is 20.1 Å². The molecular formula is C17H19N5O3. The van der Waals surface area contributed by atoms with Crippen LogP contribution in [-0.2, 0) is 7.05 Å². The number of nitrogens with one attached hydrogen (secondary N) is 2. The molecule has 2 aromatic heterocycles. The quantitative estimate of drug-likeness (QED) is 0.660. The third-order valence-electron chi connectivity index (χ3n) is 3.55. The van der Waals surface area contributed by atoms with Crippen LogP contribution in [0.15, 0.2) is 47.3 Å². The molecule has 0 unspecified atom stereocenters. The monoisotopic (exact) mass is 341 g/mol. The molecule has 2 amide bonds. The summed E-state index contributed by atoms with van der Waals surface area (Å²) in [5, 5.41) is 19.4. The van der Waals surface area contributed by atoms with Crippen molar-refractivity contribution in [2.24, 2.45) is 7.05 Å². The number of nitrogens with zero attached hydrogens (tertiary/aromatic N) is 3. The van der Waals surface area contributed by atoms with Crippen LogP contribution in [0.3, 0.4) is 0 Å². The molecule has 0 aliphatic heterocycles. The average molecular weight is 341 g/mol. The van der Waals surface area contributed by atoms with Gasteiger partial charge in [-0.25, -0.2) is 9.78 Å². The van der Waals surface area contributed by atoms with Crippen molar-refractivity contribution in [3.05, 3.63) is 54.2 Å². The van der Waals surface area contributed by atoms with E-state index in [-0.39, 0.29) is 6.54 Å². The van der Waals surface area contributed by atoms with Gasteiger partial charge in [-0.3, -0.25) is 4.68 Å². The molecule has 0 fully saturated rings. The second kappa shape index (κ2) is 7.18. The van der Waals surface area contributed by atoms with Gasteiger partial charge in [-0.2, -0.15) is 5.10 Å². The second-order valence-corrected chi connectivity index (χ2v) is 5.66. The van der Waals surface area contributed by atoms with Crippen molar-refractivity contribution in [3.8, 4) is 11.5 Å². The van der Waals surface area contributed by atoms with E-state index in [1.54, 1.807) is 48.5 Å². The van der Waals surface area contributed by atoms with E-state index in [4.69, 9.17) is 4.42 Å². The minimum Gasteiger partial charge on any atom is -0.441 e. The highest BCUT2D eigenvalue weighted by Gasteiger charge is 2.12. The molecular weight excluding hydrogens is 322 g/mol. The van der Waals surface area contributed by atoms with Gasteiger partial charge in [-0.1, -0.05) is 6.07 Å². The van der Waals surface area contributed by atoms with Crippen molar-refractivity contribution in [2.45, 2.75) is 13.0 Å². The average Bonchev–Trinajstić information content (AvgIpc) is 3.21. The van der Waals surface area contributed by atoms with Crippen LogP contribution in [0.25, 0.3) is 11.5 Å². The van der Waals surface area contributed by atoms with Crippen molar-refractivity contribution >= 4 is 11.7 Å². The van der Waals surface area contributed by atoms with Crippen LogP contribution in [0, 0.1) is 6.92 Å². The normalized spacial score (nSPS) is 12.0. The van der Waals surface area contributed by atoms with E-state index in [2.05, 4.69) is 20.7 Å². The molecule has 0 bridgehead atoms. The number of carbonyl (C=O) groups excluding carboxylic acids is 1. The number of aliphatic hydroxyl groups is 1. The van der Waals surface area contributed by atoms with Gasteiger partial charge in [-0.15, -0.1) is 0 Å². The number of anilines is 1. The van der Waals surface area contributed by atoms with E-state index in [0.717, 1.165) is 11.3 Å². The molecule has 130 valence electrons. The summed E-state index contributed by atoms with van der Waals surface area (Å²) >= 11 is 0. The Morgan fingerprint density at radius 3 is 2.92 bits per heavy atom. The molecule has 0 spiro atoms. The predicted octanol–water partition coefficient (Wildman–Crippen LogP) is 2.24. The van der Waals surface area contributed by atoms with Crippen LogP contribution >= 0.6 is 0 Å². The van der Waals surface area contributed by atoms with Crippen molar-refractivity contribution in [2.75, 3.05) is 11.9 Å². The van der Waals surface area contributed by atoms with Crippen LogP contribution in [0.1, 0.15) is 17.4 Å². The maximum absolute atomic E-state index is 12.0. The highest BCUT2D eigenvalue weighted by molar-refractivity contribution is 5.89. The van der Waals surface area contributed by atoms with Gasteiger partial charge < -0.3 is 20.2 Å². The van der Waals surface area contributed by atoms with E-state index in [1.807, 2.05) is 13.0 Å². The van der Waals surface area contributed by atoms with E-state index >= 15 is 0 Å². The van der Waals surface area contributed by atoms with Gasteiger partial charge in [0.1, 0.15) is 5.76 Å². The summed E-state index contributed by atoms with van der Waals surface area (Å²) in [6, 6.07) is 6.76. The van der Waals surface area contributed by atoms with E-state index in [9.17, 15) is 9.90 Å². The summed E-state index contributed by atoms with van der Waals surface area (Å²) in [6.07, 6.45) is 4.08. The molecule has 25 heavy (non-hydrogen) atoms. The number of aryl methyl sites for hydroxylation is 2. The number of aliphatic hydroxyl groups excluding tert-OH is 1. The maximum atomic E-state index is 12.0. The Bertz CT molecular complexity index is 871. The van der Waals surface area contributed by atoms with Crippen LogP contribution < -0.4 is 10.6 Å². The fraction of sp³-hybridized carbons (Fsp3) is 0.235. The van der Waals surface area contributed by atoms with Gasteiger partial charge in [0.05, 0.1) is 18.5 Å². The first kappa shape index (κ1) is 16.7. The molecule has 8 nitrogen and oxygen atoms in total. The molecule has 0 saturated heterocycles. The molecule has 0 radical (unpaired) electrons. The Kier molecular flexibility index (Phi) is 4.80. The summed E-state index contributed by atoms with van der Waals surface area (Å²) < 4.78 is 7.07. The lowest BCUT2D eigenvalue weighted by Gasteiger charge is -2.11. The SMILES string of the molecule is Cc1cnc(-c2cccc(NC(=O)NC[C@@H](O)c3cnn(C)c3)c2)o1. The number of hydrogen-bond donors (Lipinski definition) is 3. The molecule has 2 heterocycles. The number of aromatic nitrogens is 3. The van der Waals surface area contributed by atoms with Gasteiger partial charge >= 0.3 is 6.03 Å². The van der Waals surface area contributed by atoms with Crippen molar-refractivity contribution < 1.29 is 14.3 Å². The summed E-state index contributed by atoms with van der Waals surface area (Å²) in [6.45, 7) is 1.90. The molecule has 8 heteroatoms. The fourth-order valence-electron chi connectivity index (χ4n) is 2.31. The summed E-state index contributed by atoms with van der Waals surface area (Å²) in [7, 11) is 1.76. The number of oxazole rings is 1. The van der Waals surface area contributed by atoms with Crippen LogP contribution in [0.5, 0.6) is 0 Å². The molecule has 0 aliphatic rings. The molecule has 0 aliphatic carbocycles. The Labute approximate surface area is 144 Å². The first-order chi connectivity index (χ1) is 12.0. The zero-order valence-electron chi connectivity index (χ0n) is 13.9. The van der Waals surface area contributed by atoms with Gasteiger partial charge in [-0.05, 0) is 25.1 Å². The number of rotatable bonds is 5. The second-order valence-electron chi connectivity index (χ2n) is 5.66. The first-order valence-electron chi connectivity index (χ1n) is 7.75. The fourth-order valence-corrected chi connectivity index (χ4v) is 2.31. The maximum Gasteiger partial charge on any atom is 0.319 e. The zero-order valence-corrected chi connectivity index (χ0v) is 13.9. The first-order valence-corrected chi connectivity index (χ1v) is 7.75. The number of hydrogen-bond acceptors (Lipinski definition) is 5. The lowest BCUT2D eigenvalue weighted by atomic mass is 10.2. The van der Waals surface area contributed by atoms with Crippen molar-refractivity contribution in [3.63, 3.8) is 0 Å². The van der Waals surface area contributed by atoms with Gasteiger partial charge in [0.2, 0.25) is 5.89 Å². The Morgan fingerprint density at radius 1 is 1.40 bits per heavy atom. The number of amides is 2. The smallest absolute Gasteiger partial charge is 0.319 e. The van der Waals surface area contributed by atoms with Crippen molar-refractivity contribution in [1.29, 1.82) is 0 Å². The van der Waals surface area contributed by atoms with E-state index in [1.165, 1.54) is 0 Å². The van der Waals surface area contributed by atoms with E-state index < -0.39 is 12.1 Å². The largest absolute Gasteiger partial charge is 0.441 e. The van der Waals surface area contributed by atoms with E-state index in [0.29, 0.717) is 17.1 Å². The van der Waals surface area contributed by atoms with Gasteiger partial charge in [0.15, 0.2) is 0 Å². The van der Waals surface area contributed by atoms with Crippen LogP contribution in [-0.4, -0.2) is 32.4 Å². The lowest BCUT2D eigenvalue weighted by molar-refractivity contribution is 0.175. The van der Waals surface area contributed by atoms with Gasteiger partial charge in [0.25, 0.3) is 0 Å². The lowest BCUT2D eigenvalue weighted by Crippen LogP contribution is -2.32. The summed E-state index contributed by atoms with van der Waals surface area (Å²) in [5.74, 6) is 1.21. The molecule has 3 rings (SSSR count). The Hall–Kier alpha value is -3.13. The molecule has 0 saturated carbocycles. The Balaban J connectivity index is 1.57. The van der Waals surface area contributed by atoms with Gasteiger partial charge in [0, 0.05) is 36.6 Å². The topological polar surface area (TPSA) is 105 Å². The molecule has 1 atom stereocenters. The third kappa shape index (κ3) is 4.24. The minimum atomic E-state index is -0.818. The number of urea groups is 1. The predicted molar refractivity (Wildman–Crippen MR) is 91.9 cm³/mol. The highest BCUT2D eigenvalue weighted by atomic mass is 16.4. The molecule has 3 aromatic rings. The molecule has 3 N–H and O–H groups in total. The minimum absolute atomic E-state index is 0.0795. The zero-order chi connectivity index (χ0) is 17.8. The standard InChI is InChI=1S/C17H19N5O3/c1-11-7-18-16(25-11)12-4-3-5-14(6-12)21-17(24)19-9-15(23)13-8-20-22(2)10-13/h3-8,10,15,23H,9H2,1-2H3,(H2,19,21,24)/t15-/m1/s1. The third-order valence-corrected chi connectivity index (χ3v) is 3.55. The molecule has 1 aromatic carbocycles. The Morgan fingerprint density at radius 2 is 2.24 bits per heavy atom.